The number of pyridine rings is 1. The Balaban J connectivity index is 2.46. The van der Waals surface area contributed by atoms with Crippen LogP contribution < -0.4 is 5.32 Å². The van der Waals surface area contributed by atoms with Gasteiger partial charge in [0.2, 0.25) is 0 Å². The summed E-state index contributed by atoms with van der Waals surface area (Å²) in [7, 11) is 1.80. The molecule has 1 N–H and O–H groups in total. The summed E-state index contributed by atoms with van der Waals surface area (Å²) in [5.74, 6) is 0. The predicted molar refractivity (Wildman–Crippen MR) is 64.4 cm³/mol. The maximum Gasteiger partial charge on any atom is 0.183 e. The lowest BCUT2D eigenvalue weighted by molar-refractivity contribution is 1.00. The molecule has 0 spiro atoms. The number of nitroso groups, excluding NO2 is 1. The first-order chi connectivity index (χ1) is 7.85. The van der Waals surface area contributed by atoms with Gasteiger partial charge in [-0.25, -0.2) is 4.98 Å². The first-order valence-corrected chi connectivity index (χ1v) is 5.53. The van der Waals surface area contributed by atoms with Gasteiger partial charge in [-0.05, 0) is 17.7 Å². The highest BCUT2D eigenvalue weighted by atomic mass is 32.1. The van der Waals surface area contributed by atoms with Crippen LogP contribution >= 0.6 is 11.3 Å². The molecule has 2 heterocycles. The number of anilines is 1. The zero-order valence-electron chi connectivity index (χ0n) is 8.67. The maximum atomic E-state index is 10.3. The minimum absolute atomic E-state index is 0.0931. The van der Waals surface area contributed by atoms with Crippen LogP contribution in [0.3, 0.4) is 0 Å². The summed E-state index contributed by atoms with van der Waals surface area (Å²) in [6.07, 6.45) is 3.43. The van der Waals surface area contributed by atoms with Crippen LogP contribution in [0, 0.1) is 4.91 Å². The second-order valence-electron chi connectivity index (χ2n) is 3.07. The van der Waals surface area contributed by atoms with E-state index in [4.69, 9.17) is 0 Å². The van der Waals surface area contributed by atoms with Gasteiger partial charge in [0.1, 0.15) is 6.54 Å². The predicted octanol–water partition coefficient (Wildman–Crippen LogP) is 2.51. The van der Waals surface area contributed by atoms with Gasteiger partial charge in [-0.15, -0.1) is 0 Å². The summed E-state index contributed by atoms with van der Waals surface area (Å²) in [5, 5.41) is 6.64. The molecule has 82 valence electrons. The molecule has 0 fully saturated rings. The fourth-order valence-corrected chi connectivity index (χ4v) is 2.29. The lowest BCUT2D eigenvalue weighted by Crippen LogP contribution is -1.88. The molecule has 0 atom stereocenters. The van der Waals surface area contributed by atoms with E-state index >= 15 is 0 Å². The molecule has 0 aromatic carbocycles. The molecule has 0 amide bonds. The Morgan fingerprint density at radius 3 is 2.81 bits per heavy atom. The summed E-state index contributed by atoms with van der Waals surface area (Å²) >= 11 is 1.50. The summed E-state index contributed by atoms with van der Waals surface area (Å²) < 4.78 is 0. The molecule has 2 rings (SSSR count). The van der Waals surface area contributed by atoms with Crippen molar-refractivity contribution >= 4 is 16.5 Å². The van der Waals surface area contributed by atoms with Crippen molar-refractivity contribution in [3.8, 4) is 10.4 Å². The molecule has 0 bridgehead atoms. The van der Waals surface area contributed by atoms with Crippen LogP contribution in [0.15, 0.2) is 29.7 Å². The third kappa shape index (κ3) is 2.06. The topological polar surface area (TPSA) is 67.2 Å². The Hall–Kier alpha value is -1.82. The highest BCUT2D eigenvalue weighted by molar-refractivity contribution is 7.19. The summed E-state index contributed by atoms with van der Waals surface area (Å²) in [5.41, 5.74) is 1.71. The van der Waals surface area contributed by atoms with Crippen molar-refractivity contribution in [2.45, 2.75) is 6.54 Å². The van der Waals surface area contributed by atoms with Gasteiger partial charge in [-0.2, -0.15) is 4.91 Å². The fourth-order valence-electron chi connectivity index (χ4n) is 1.36. The normalized spacial score (nSPS) is 10.1. The lowest BCUT2D eigenvalue weighted by Gasteiger charge is -1.97. The van der Waals surface area contributed by atoms with E-state index < -0.39 is 0 Å². The average molecular weight is 234 g/mol. The minimum atomic E-state index is 0.0931. The van der Waals surface area contributed by atoms with Crippen molar-refractivity contribution in [1.82, 2.24) is 9.97 Å². The average Bonchev–Trinajstić information content (AvgIpc) is 2.74. The maximum absolute atomic E-state index is 10.3. The molecule has 0 radical (unpaired) electrons. The van der Waals surface area contributed by atoms with E-state index in [-0.39, 0.29) is 6.54 Å². The van der Waals surface area contributed by atoms with E-state index in [0.717, 1.165) is 15.6 Å². The van der Waals surface area contributed by atoms with Gasteiger partial charge in [-0.1, -0.05) is 16.5 Å². The zero-order chi connectivity index (χ0) is 11.4. The largest absolute Gasteiger partial charge is 0.365 e. The lowest BCUT2D eigenvalue weighted by atomic mass is 10.2. The van der Waals surface area contributed by atoms with E-state index in [9.17, 15) is 4.91 Å². The molecule has 5 nitrogen and oxygen atoms in total. The molecule has 2 aromatic heterocycles. The summed E-state index contributed by atoms with van der Waals surface area (Å²) in [6.45, 7) is 0.0931. The minimum Gasteiger partial charge on any atom is -0.365 e. The molecule has 0 aliphatic rings. The molecule has 2 aromatic rings. The number of thiazole rings is 1. The number of rotatable bonds is 4. The highest BCUT2D eigenvalue weighted by Gasteiger charge is 2.12. The Morgan fingerprint density at radius 2 is 2.19 bits per heavy atom. The van der Waals surface area contributed by atoms with Crippen LogP contribution in [0.1, 0.15) is 5.69 Å². The number of aromatic nitrogens is 2. The molecule has 0 unspecified atom stereocenters. The molecule has 0 saturated carbocycles. The first-order valence-electron chi connectivity index (χ1n) is 4.72. The quantitative estimate of drug-likeness (QED) is 0.825. The van der Waals surface area contributed by atoms with Gasteiger partial charge in [0.05, 0.1) is 10.6 Å². The standard InChI is InChI=1S/C10H10N4OS/c1-11-10-14-8(6-13-15)9(16-10)7-2-4-12-5-3-7/h2-5H,6H2,1H3,(H,11,14). The Morgan fingerprint density at radius 1 is 1.44 bits per heavy atom. The van der Waals surface area contributed by atoms with Crippen molar-refractivity contribution in [3.05, 3.63) is 35.1 Å². The van der Waals surface area contributed by atoms with Crippen molar-refractivity contribution < 1.29 is 0 Å². The Labute approximate surface area is 96.5 Å². The number of hydrogen-bond donors (Lipinski definition) is 1. The summed E-state index contributed by atoms with van der Waals surface area (Å²) in [6, 6.07) is 3.78. The fraction of sp³-hybridized carbons (Fsp3) is 0.200. The molecule has 0 saturated heterocycles. The van der Waals surface area contributed by atoms with Gasteiger partial charge in [-0.3, -0.25) is 4.98 Å². The van der Waals surface area contributed by atoms with Gasteiger partial charge >= 0.3 is 0 Å². The van der Waals surface area contributed by atoms with Crippen LogP contribution in [0.25, 0.3) is 10.4 Å². The van der Waals surface area contributed by atoms with E-state index in [0.29, 0.717) is 5.69 Å². The number of hydrogen-bond acceptors (Lipinski definition) is 6. The van der Waals surface area contributed by atoms with Crippen LogP contribution in [-0.2, 0) is 6.54 Å². The van der Waals surface area contributed by atoms with E-state index in [1.54, 1.807) is 19.4 Å². The second kappa shape index (κ2) is 4.80. The molecule has 0 aliphatic heterocycles. The SMILES string of the molecule is CNc1nc(CN=O)c(-c2ccncc2)s1. The smallest absolute Gasteiger partial charge is 0.183 e. The van der Waals surface area contributed by atoms with E-state index in [1.165, 1.54) is 11.3 Å². The second-order valence-corrected chi connectivity index (χ2v) is 4.07. The third-order valence-electron chi connectivity index (χ3n) is 2.07. The molecule has 0 aliphatic carbocycles. The van der Waals surface area contributed by atoms with Crippen molar-refractivity contribution in [2.75, 3.05) is 12.4 Å². The van der Waals surface area contributed by atoms with Crippen molar-refractivity contribution in [3.63, 3.8) is 0 Å². The van der Waals surface area contributed by atoms with Crippen LogP contribution in [0.2, 0.25) is 0 Å². The first kappa shape index (κ1) is 10.7. The van der Waals surface area contributed by atoms with Crippen LogP contribution in [0.5, 0.6) is 0 Å². The molecule has 6 heteroatoms. The summed E-state index contributed by atoms with van der Waals surface area (Å²) in [4.78, 5) is 19.5. The van der Waals surface area contributed by atoms with E-state index in [2.05, 4.69) is 20.5 Å². The number of nitrogens with one attached hydrogen (secondary N) is 1. The van der Waals surface area contributed by atoms with Gasteiger partial charge in [0.25, 0.3) is 0 Å². The Kier molecular flexibility index (Phi) is 3.21. The number of nitrogens with zero attached hydrogens (tertiary/aromatic N) is 3. The molecule has 16 heavy (non-hydrogen) atoms. The van der Waals surface area contributed by atoms with Crippen molar-refractivity contribution in [1.29, 1.82) is 0 Å². The zero-order valence-corrected chi connectivity index (χ0v) is 9.49. The van der Waals surface area contributed by atoms with Gasteiger partial charge in [0.15, 0.2) is 5.13 Å². The Bertz CT molecular complexity index is 483. The van der Waals surface area contributed by atoms with E-state index in [1.807, 2.05) is 12.1 Å². The van der Waals surface area contributed by atoms with Gasteiger partial charge in [0, 0.05) is 19.4 Å². The highest BCUT2D eigenvalue weighted by Crippen LogP contribution is 2.32. The van der Waals surface area contributed by atoms with Crippen LogP contribution in [-0.4, -0.2) is 17.0 Å². The van der Waals surface area contributed by atoms with Crippen molar-refractivity contribution in [2.24, 2.45) is 5.18 Å². The van der Waals surface area contributed by atoms with Gasteiger partial charge < -0.3 is 5.32 Å². The molecular weight excluding hydrogens is 224 g/mol. The monoisotopic (exact) mass is 234 g/mol. The third-order valence-corrected chi connectivity index (χ3v) is 3.23. The van der Waals surface area contributed by atoms with Crippen LogP contribution in [0.4, 0.5) is 5.13 Å². The molecular formula is C10H10N4OS.